The second-order valence-electron chi connectivity index (χ2n) is 7.23. The van der Waals surface area contributed by atoms with Crippen molar-refractivity contribution in [3.05, 3.63) is 85.3 Å². The van der Waals surface area contributed by atoms with Crippen LogP contribution >= 0.6 is 11.3 Å². The van der Waals surface area contributed by atoms with E-state index in [0.29, 0.717) is 10.3 Å². The number of nitrogens with one attached hydrogen (secondary N) is 2. The number of carbonyl (C=O) groups is 3. The van der Waals surface area contributed by atoms with Gasteiger partial charge in [0, 0.05) is 6.54 Å². The normalized spacial score (nSPS) is 11.7. The van der Waals surface area contributed by atoms with Crippen molar-refractivity contribution in [3.63, 3.8) is 0 Å². The van der Waals surface area contributed by atoms with E-state index >= 15 is 0 Å². The summed E-state index contributed by atoms with van der Waals surface area (Å²) in [5, 5.41) is 4.79. The molecule has 3 aromatic rings. The number of rotatable bonds is 8. The Balaban J connectivity index is 1.82. The Bertz CT molecular complexity index is 1360. The molecule has 0 atom stereocenters. The molecular formula is C25H25N3O6S. The molecule has 182 valence electrons. The molecule has 3 amide bonds. The molecule has 0 fully saturated rings. The van der Waals surface area contributed by atoms with Crippen molar-refractivity contribution < 1.29 is 23.9 Å². The van der Waals surface area contributed by atoms with Gasteiger partial charge in [-0.1, -0.05) is 42.5 Å². The number of thiazole rings is 1. The highest BCUT2D eigenvalue weighted by atomic mass is 32.1. The van der Waals surface area contributed by atoms with Gasteiger partial charge in [0.25, 0.3) is 5.56 Å². The predicted octanol–water partition coefficient (Wildman–Crippen LogP) is 1.12. The second kappa shape index (κ2) is 12.3. The fourth-order valence-electron chi connectivity index (χ4n) is 3.06. The molecule has 0 radical (unpaired) electrons. The molecule has 0 spiro atoms. The van der Waals surface area contributed by atoms with Crippen LogP contribution in [-0.2, 0) is 27.4 Å². The topological polar surface area (TPSA) is 116 Å². The van der Waals surface area contributed by atoms with Gasteiger partial charge in [0.05, 0.1) is 24.3 Å². The molecule has 2 aromatic carbocycles. The van der Waals surface area contributed by atoms with Gasteiger partial charge in [-0.15, -0.1) is 11.3 Å². The summed E-state index contributed by atoms with van der Waals surface area (Å²) >= 11 is 1.04. The Morgan fingerprint density at radius 2 is 1.77 bits per heavy atom. The summed E-state index contributed by atoms with van der Waals surface area (Å²) < 4.78 is 11.8. The number of hydrogen-bond acceptors (Lipinski definition) is 7. The summed E-state index contributed by atoms with van der Waals surface area (Å²) in [5.74, 6) is -0.672. The lowest BCUT2D eigenvalue weighted by Crippen LogP contribution is -2.44. The molecule has 0 aliphatic heterocycles. The molecule has 1 aromatic heterocycles. The van der Waals surface area contributed by atoms with Crippen LogP contribution in [0.4, 0.5) is 4.79 Å². The molecule has 0 aliphatic rings. The van der Waals surface area contributed by atoms with Crippen LogP contribution in [0, 0.1) is 0 Å². The maximum Gasteiger partial charge on any atom is 0.333 e. The summed E-state index contributed by atoms with van der Waals surface area (Å²) in [6.45, 7) is 1.62. The average molecular weight is 496 g/mol. The first-order valence-corrected chi connectivity index (χ1v) is 11.6. The number of urea groups is 1. The lowest BCUT2D eigenvalue weighted by atomic mass is 10.2. The highest BCUT2D eigenvalue weighted by Gasteiger charge is 2.13. The molecule has 0 unspecified atom stereocenters. The first kappa shape index (κ1) is 25.4. The summed E-state index contributed by atoms with van der Waals surface area (Å²) in [6, 6.07) is 15.6. The minimum atomic E-state index is -0.704. The van der Waals surface area contributed by atoms with Crippen LogP contribution in [0.25, 0.3) is 12.2 Å². The quantitative estimate of drug-likeness (QED) is 0.453. The number of carbonyl (C=O) groups excluding carboxylic acids is 3. The highest BCUT2D eigenvalue weighted by molar-refractivity contribution is 7.07. The lowest BCUT2D eigenvalue weighted by molar-refractivity contribution is -0.135. The van der Waals surface area contributed by atoms with E-state index in [4.69, 9.17) is 9.47 Å². The third kappa shape index (κ3) is 7.41. The van der Waals surface area contributed by atoms with Gasteiger partial charge in [-0.2, -0.15) is 0 Å². The van der Waals surface area contributed by atoms with Crippen molar-refractivity contribution in [1.29, 1.82) is 0 Å². The summed E-state index contributed by atoms with van der Waals surface area (Å²) in [5.41, 5.74) is 1.14. The van der Waals surface area contributed by atoms with Crippen LogP contribution < -0.4 is 30.1 Å². The van der Waals surface area contributed by atoms with Crippen LogP contribution in [0.1, 0.15) is 18.1 Å². The van der Waals surface area contributed by atoms with E-state index in [9.17, 15) is 19.2 Å². The maximum absolute atomic E-state index is 13.1. The van der Waals surface area contributed by atoms with E-state index in [2.05, 4.69) is 10.6 Å². The van der Waals surface area contributed by atoms with Crippen molar-refractivity contribution in [2.24, 2.45) is 0 Å². The van der Waals surface area contributed by atoms with E-state index in [1.807, 2.05) is 30.3 Å². The van der Waals surface area contributed by atoms with Crippen LogP contribution in [0.15, 0.2) is 59.4 Å². The number of nitrogens with zero attached hydrogens (tertiary/aromatic N) is 1. The van der Waals surface area contributed by atoms with Gasteiger partial charge in [0.15, 0.2) is 0 Å². The summed E-state index contributed by atoms with van der Waals surface area (Å²) in [6.07, 6.45) is 2.81. The fourth-order valence-corrected chi connectivity index (χ4v) is 4.09. The molecule has 0 aliphatic carbocycles. The fraction of sp³-hybridized carbons (Fsp3) is 0.200. The molecule has 10 heteroatoms. The van der Waals surface area contributed by atoms with E-state index in [1.54, 1.807) is 44.4 Å². The van der Waals surface area contributed by atoms with Crippen LogP contribution in [0.2, 0.25) is 0 Å². The number of benzene rings is 2. The number of aromatic nitrogens is 1. The third-order valence-corrected chi connectivity index (χ3v) is 5.79. The Kier molecular flexibility index (Phi) is 8.96. The molecule has 0 saturated heterocycles. The average Bonchev–Trinajstić information content (AvgIpc) is 3.12. The summed E-state index contributed by atoms with van der Waals surface area (Å²) in [4.78, 5) is 49.7. The van der Waals surface area contributed by atoms with E-state index in [1.165, 1.54) is 0 Å². The predicted molar refractivity (Wildman–Crippen MR) is 132 cm³/mol. The van der Waals surface area contributed by atoms with Crippen LogP contribution in [0.5, 0.6) is 5.75 Å². The maximum atomic E-state index is 13.1. The number of amides is 3. The number of esters is 1. The van der Waals surface area contributed by atoms with Gasteiger partial charge in [-0.25, -0.2) is 9.59 Å². The number of hydrogen-bond donors (Lipinski definition) is 2. The van der Waals surface area contributed by atoms with Gasteiger partial charge < -0.3 is 14.8 Å². The Morgan fingerprint density at radius 3 is 2.43 bits per heavy atom. The zero-order valence-electron chi connectivity index (χ0n) is 19.3. The molecule has 0 bridgehead atoms. The Labute approximate surface area is 205 Å². The first-order valence-electron chi connectivity index (χ1n) is 10.7. The first-order chi connectivity index (χ1) is 16.9. The SMILES string of the molecule is CCOC(=O)/C=c1\s/c(=C\c2ccc(OC)cc2)c(=O)n1CC(=O)NC(=O)NCc1ccccc1. The van der Waals surface area contributed by atoms with Crippen molar-refractivity contribution in [2.75, 3.05) is 13.7 Å². The molecule has 3 rings (SSSR count). The molecule has 9 nitrogen and oxygen atoms in total. The third-order valence-electron chi connectivity index (χ3n) is 4.73. The number of imide groups is 1. The van der Waals surface area contributed by atoms with Gasteiger partial charge in [-0.05, 0) is 36.3 Å². The smallest absolute Gasteiger partial charge is 0.333 e. The second-order valence-corrected chi connectivity index (χ2v) is 8.29. The minimum Gasteiger partial charge on any atom is -0.497 e. The largest absolute Gasteiger partial charge is 0.497 e. The Morgan fingerprint density at radius 1 is 1.06 bits per heavy atom. The zero-order chi connectivity index (χ0) is 25.2. The Hall–Kier alpha value is -4.18. The van der Waals surface area contributed by atoms with E-state index in [0.717, 1.165) is 33.1 Å². The van der Waals surface area contributed by atoms with Crippen molar-refractivity contribution in [3.8, 4) is 5.75 Å². The van der Waals surface area contributed by atoms with E-state index < -0.39 is 30.0 Å². The van der Waals surface area contributed by atoms with Gasteiger partial charge in [0.2, 0.25) is 5.91 Å². The lowest BCUT2D eigenvalue weighted by Gasteiger charge is -2.07. The monoisotopic (exact) mass is 495 g/mol. The number of ether oxygens (including phenoxy) is 2. The summed E-state index contributed by atoms with van der Waals surface area (Å²) in [7, 11) is 1.56. The highest BCUT2D eigenvalue weighted by Crippen LogP contribution is 2.11. The molecule has 35 heavy (non-hydrogen) atoms. The molecule has 2 N–H and O–H groups in total. The van der Waals surface area contributed by atoms with Crippen LogP contribution in [-0.4, -0.2) is 36.2 Å². The minimum absolute atomic E-state index is 0.165. The van der Waals surface area contributed by atoms with Gasteiger partial charge in [-0.3, -0.25) is 19.5 Å². The van der Waals surface area contributed by atoms with E-state index in [-0.39, 0.29) is 17.8 Å². The zero-order valence-corrected chi connectivity index (χ0v) is 20.1. The van der Waals surface area contributed by atoms with Crippen molar-refractivity contribution >= 4 is 41.4 Å². The van der Waals surface area contributed by atoms with Crippen LogP contribution in [0.3, 0.4) is 0 Å². The van der Waals surface area contributed by atoms with Gasteiger partial charge in [0.1, 0.15) is 17.0 Å². The van der Waals surface area contributed by atoms with Gasteiger partial charge >= 0.3 is 12.0 Å². The van der Waals surface area contributed by atoms with Crippen molar-refractivity contribution in [2.45, 2.75) is 20.0 Å². The number of methoxy groups -OCH3 is 1. The molecule has 0 saturated carbocycles. The molecular weight excluding hydrogens is 470 g/mol. The standard InChI is InChI=1S/C25H25N3O6S/c1-3-34-23(30)14-22-28(16-21(29)27-25(32)26-15-18-7-5-4-6-8-18)24(31)20(35-22)13-17-9-11-19(33-2)12-10-17/h4-14H,3,15-16H2,1-2H3,(H2,26,27,29,32)/b20-13-,22-14-. The molecule has 1 heterocycles. The van der Waals surface area contributed by atoms with Crippen molar-refractivity contribution in [1.82, 2.24) is 15.2 Å².